The van der Waals surface area contributed by atoms with Gasteiger partial charge in [-0.05, 0) is 36.2 Å². The van der Waals surface area contributed by atoms with E-state index in [4.69, 9.17) is 0 Å². The van der Waals surface area contributed by atoms with Crippen LogP contribution < -0.4 is 16.0 Å². The van der Waals surface area contributed by atoms with E-state index in [9.17, 15) is 9.59 Å². The van der Waals surface area contributed by atoms with Gasteiger partial charge in [-0.3, -0.25) is 15.1 Å². The molecular formula is C19H19N5O2S. The number of pyridine rings is 1. The maximum absolute atomic E-state index is 12.0. The Hall–Kier alpha value is -3.26. The van der Waals surface area contributed by atoms with Gasteiger partial charge >= 0.3 is 6.03 Å². The molecule has 0 bridgehead atoms. The number of hydrogen-bond acceptors (Lipinski definition) is 5. The fraction of sp³-hybridized carbons (Fsp3) is 0.158. The largest absolute Gasteiger partial charge is 0.352 e. The molecule has 0 saturated heterocycles. The van der Waals surface area contributed by atoms with Crippen LogP contribution in [-0.2, 0) is 17.8 Å². The van der Waals surface area contributed by atoms with Crippen molar-refractivity contribution in [1.82, 2.24) is 15.3 Å². The third-order valence-corrected chi connectivity index (χ3v) is 4.46. The first-order valence-electron chi connectivity index (χ1n) is 8.42. The second kappa shape index (κ2) is 9.44. The maximum Gasteiger partial charge on any atom is 0.325 e. The van der Waals surface area contributed by atoms with Crippen LogP contribution in [0.15, 0.2) is 60.2 Å². The summed E-state index contributed by atoms with van der Waals surface area (Å²) in [6.45, 7) is 0.477. The topological polar surface area (TPSA) is 96.0 Å². The lowest BCUT2D eigenvalue weighted by Crippen LogP contribution is -2.23. The van der Waals surface area contributed by atoms with E-state index in [0.29, 0.717) is 30.2 Å². The second-order valence-corrected chi connectivity index (χ2v) is 6.58. The van der Waals surface area contributed by atoms with Gasteiger partial charge in [0, 0.05) is 36.4 Å². The van der Waals surface area contributed by atoms with E-state index in [1.807, 2.05) is 35.7 Å². The lowest BCUT2D eigenvalue weighted by molar-refractivity contribution is -0.121. The van der Waals surface area contributed by atoms with E-state index >= 15 is 0 Å². The van der Waals surface area contributed by atoms with Gasteiger partial charge in [0.05, 0.1) is 5.69 Å². The molecule has 0 aliphatic carbocycles. The molecule has 3 aromatic rings. The van der Waals surface area contributed by atoms with Crippen molar-refractivity contribution < 1.29 is 9.59 Å². The van der Waals surface area contributed by atoms with E-state index in [1.165, 1.54) is 11.3 Å². The Balaban J connectivity index is 1.41. The van der Waals surface area contributed by atoms with Crippen LogP contribution in [0.2, 0.25) is 0 Å². The van der Waals surface area contributed by atoms with Crippen LogP contribution in [0.1, 0.15) is 17.7 Å². The minimum Gasteiger partial charge on any atom is -0.352 e. The molecule has 138 valence electrons. The minimum absolute atomic E-state index is 0.0452. The third kappa shape index (κ3) is 6.19. The molecule has 0 aliphatic heterocycles. The average molecular weight is 381 g/mol. The Labute approximate surface area is 160 Å². The van der Waals surface area contributed by atoms with Crippen LogP contribution in [0.3, 0.4) is 0 Å². The summed E-state index contributed by atoms with van der Waals surface area (Å²) in [5.41, 5.74) is 2.48. The Morgan fingerprint density at radius 2 is 1.78 bits per heavy atom. The molecule has 3 N–H and O–H groups in total. The summed E-state index contributed by atoms with van der Waals surface area (Å²) in [4.78, 5) is 32.2. The van der Waals surface area contributed by atoms with E-state index in [2.05, 4.69) is 25.9 Å². The van der Waals surface area contributed by atoms with Gasteiger partial charge in [-0.2, -0.15) is 0 Å². The summed E-state index contributed by atoms with van der Waals surface area (Å²) in [6.07, 6.45) is 4.24. The van der Waals surface area contributed by atoms with E-state index in [0.717, 1.165) is 11.3 Å². The highest BCUT2D eigenvalue weighted by Gasteiger charge is 2.09. The molecule has 0 spiro atoms. The van der Waals surface area contributed by atoms with E-state index in [-0.39, 0.29) is 11.9 Å². The number of amides is 3. The molecule has 2 aromatic heterocycles. The molecule has 2 heterocycles. The number of aromatic nitrogens is 2. The Bertz CT molecular complexity index is 883. The van der Waals surface area contributed by atoms with Gasteiger partial charge in [-0.1, -0.05) is 18.2 Å². The number of nitrogens with one attached hydrogen (secondary N) is 3. The van der Waals surface area contributed by atoms with Crippen LogP contribution >= 0.6 is 11.3 Å². The molecule has 3 rings (SSSR count). The van der Waals surface area contributed by atoms with Gasteiger partial charge in [0.15, 0.2) is 5.13 Å². The number of anilines is 2. The molecule has 0 unspecified atom stereocenters. The Morgan fingerprint density at radius 3 is 2.56 bits per heavy atom. The zero-order valence-electron chi connectivity index (χ0n) is 14.5. The zero-order chi connectivity index (χ0) is 18.9. The van der Waals surface area contributed by atoms with Crippen LogP contribution in [-0.4, -0.2) is 21.9 Å². The Kier molecular flexibility index (Phi) is 6.48. The summed E-state index contributed by atoms with van der Waals surface area (Å²) < 4.78 is 0. The van der Waals surface area contributed by atoms with Crippen LogP contribution in [0.25, 0.3) is 0 Å². The number of thiazole rings is 1. The fourth-order valence-corrected chi connectivity index (χ4v) is 3.03. The van der Waals surface area contributed by atoms with Crippen LogP contribution in [0.5, 0.6) is 0 Å². The third-order valence-electron chi connectivity index (χ3n) is 3.65. The normalized spacial score (nSPS) is 10.2. The Morgan fingerprint density at radius 1 is 1.00 bits per heavy atom. The first-order valence-corrected chi connectivity index (χ1v) is 9.30. The smallest absolute Gasteiger partial charge is 0.325 e. The first-order chi connectivity index (χ1) is 13.2. The molecule has 0 saturated carbocycles. The average Bonchev–Trinajstić information content (AvgIpc) is 3.13. The number of nitrogens with zero attached hydrogens (tertiary/aromatic N) is 2. The van der Waals surface area contributed by atoms with Crippen LogP contribution in [0.4, 0.5) is 15.6 Å². The maximum atomic E-state index is 12.0. The van der Waals surface area contributed by atoms with Gasteiger partial charge in [-0.15, -0.1) is 11.3 Å². The highest BCUT2D eigenvalue weighted by atomic mass is 32.1. The van der Waals surface area contributed by atoms with Crippen molar-refractivity contribution in [2.45, 2.75) is 19.4 Å². The summed E-state index contributed by atoms with van der Waals surface area (Å²) >= 11 is 1.33. The lowest BCUT2D eigenvalue weighted by atomic mass is 10.2. The molecule has 27 heavy (non-hydrogen) atoms. The predicted molar refractivity (Wildman–Crippen MR) is 106 cm³/mol. The number of rotatable bonds is 7. The summed E-state index contributed by atoms with van der Waals surface area (Å²) in [5, 5.41) is 10.6. The van der Waals surface area contributed by atoms with Crippen molar-refractivity contribution in [2.75, 3.05) is 10.6 Å². The van der Waals surface area contributed by atoms with Gasteiger partial charge in [-0.25, -0.2) is 9.78 Å². The molecule has 0 radical (unpaired) electrons. The number of carbonyl (C=O) groups is 2. The first kappa shape index (κ1) is 18.5. The van der Waals surface area contributed by atoms with Crippen molar-refractivity contribution in [1.29, 1.82) is 0 Å². The monoisotopic (exact) mass is 381 g/mol. The van der Waals surface area contributed by atoms with Crippen molar-refractivity contribution in [2.24, 2.45) is 0 Å². The molecule has 0 aliphatic rings. The number of benzene rings is 1. The molecule has 0 atom stereocenters. The van der Waals surface area contributed by atoms with Crippen LogP contribution in [0, 0.1) is 0 Å². The highest BCUT2D eigenvalue weighted by Crippen LogP contribution is 2.17. The molecule has 3 amide bonds. The van der Waals surface area contributed by atoms with Crippen molar-refractivity contribution in [3.05, 3.63) is 71.5 Å². The summed E-state index contributed by atoms with van der Waals surface area (Å²) in [7, 11) is 0. The summed E-state index contributed by atoms with van der Waals surface area (Å²) in [5.74, 6) is -0.0452. The lowest BCUT2D eigenvalue weighted by Gasteiger charge is -2.05. The number of hydrogen-bond donors (Lipinski definition) is 3. The second-order valence-electron chi connectivity index (χ2n) is 5.72. The van der Waals surface area contributed by atoms with E-state index in [1.54, 1.807) is 24.5 Å². The number of para-hydroxylation sites is 1. The standard InChI is InChI=1S/C19H19N5O2S/c25-17(21-12-14-8-10-20-11-9-14)7-6-16-13-27-19(23-16)24-18(26)22-15-4-2-1-3-5-15/h1-5,8-11,13H,6-7,12H2,(H,21,25)(H2,22,23,24,26). The minimum atomic E-state index is -0.350. The number of urea groups is 1. The molecule has 0 fully saturated rings. The van der Waals surface area contributed by atoms with Gasteiger partial charge < -0.3 is 10.6 Å². The zero-order valence-corrected chi connectivity index (χ0v) is 15.3. The van der Waals surface area contributed by atoms with Crippen molar-refractivity contribution in [3.63, 3.8) is 0 Å². The fourth-order valence-electron chi connectivity index (χ4n) is 2.29. The van der Waals surface area contributed by atoms with Gasteiger partial charge in [0.1, 0.15) is 0 Å². The van der Waals surface area contributed by atoms with Gasteiger partial charge in [0.2, 0.25) is 5.91 Å². The van der Waals surface area contributed by atoms with Crippen molar-refractivity contribution >= 4 is 34.1 Å². The number of aryl methyl sites for hydroxylation is 1. The van der Waals surface area contributed by atoms with Gasteiger partial charge in [0.25, 0.3) is 0 Å². The number of carbonyl (C=O) groups excluding carboxylic acids is 2. The molecule has 1 aromatic carbocycles. The molecule has 8 heteroatoms. The highest BCUT2D eigenvalue weighted by molar-refractivity contribution is 7.13. The quantitative estimate of drug-likeness (QED) is 0.584. The van der Waals surface area contributed by atoms with Crippen molar-refractivity contribution in [3.8, 4) is 0 Å². The predicted octanol–water partition coefficient (Wildman–Crippen LogP) is 3.43. The molecular weight excluding hydrogens is 362 g/mol. The SMILES string of the molecule is O=C(CCc1csc(NC(=O)Nc2ccccc2)n1)NCc1ccncc1. The van der Waals surface area contributed by atoms with E-state index < -0.39 is 0 Å². The summed E-state index contributed by atoms with van der Waals surface area (Å²) in [6, 6.07) is 12.5. The molecule has 7 nitrogen and oxygen atoms in total.